The van der Waals surface area contributed by atoms with Crippen LogP contribution in [0.2, 0.25) is 0 Å². The number of benzene rings is 2. The van der Waals surface area contributed by atoms with E-state index in [-0.39, 0.29) is 11.3 Å². The van der Waals surface area contributed by atoms with Crippen molar-refractivity contribution in [2.75, 3.05) is 30.5 Å². The molecule has 0 saturated carbocycles. The minimum absolute atomic E-state index is 0.0792. The van der Waals surface area contributed by atoms with E-state index in [1.54, 1.807) is 25.3 Å². The number of fused-ring (bicyclic) bond motifs is 1. The Hall–Kier alpha value is -3.48. The van der Waals surface area contributed by atoms with E-state index >= 15 is 0 Å². The number of hydrogen-bond donors (Lipinski definition) is 2. The lowest BCUT2D eigenvalue weighted by molar-refractivity contribution is -0.111. The van der Waals surface area contributed by atoms with Gasteiger partial charge in [-0.3, -0.25) is 9.59 Å². The highest BCUT2D eigenvalue weighted by Crippen LogP contribution is 2.36. The number of nitrogens with one attached hydrogen (secondary N) is 1. The number of amides is 2. The Labute approximate surface area is 150 Å². The van der Waals surface area contributed by atoms with Gasteiger partial charge in [0.2, 0.25) is 5.91 Å². The molecule has 0 spiro atoms. The van der Waals surface area contributed by atoms with E-state index < -0.39 is 11.8 Å². The molecule has 0 fully saturated rings. The summed E-state index contributed by atoms with van der Waals surface area (Å²) in [7, 11) is 1.55. The van der Waals surface area contributed by atoms with E-state index in [0.717, 1.165) is 6.08 Å². The third kappa shape index (κ3) is 3.32. The molecule has 0 atom stereocenters. The lowest BCUT2D eigenvalue weighted by Gasteiger charge is -2.30. The monoisotopic (exact) mass is 354 g/mol. The van der Waals surface area contributed by atoms with Crippen LogP contribution >= 0.6 is 0 Å². The Morgan fingerprint density at radius 2 is 2.12 bits per heavy atom. The van der Waals surface area contributed by atoms with Crippen LogP contribution in [0.5, 0.6) is 17.2 Å². The van der Waals surface area contributed by atoms with Crippen LogP contribution in [0.4, 0.5) is 11.4 Å². The number of nitrogens with zero attached hydrogens (tertiary/aromatic N) is 1. The fourth-order valence-electron chi connectivity index (χ4n) is 2.66. The summed E-state index contributed by atoms with van der Waals surface area (Å²) in [4.78, 5) is 26.0. The molecule has 2 aromatic rings. The second kappa shape index (κ2) is 7.18. The molecule has 1 aliphatic heterocycles. The lowest BCUT2D eigenvalue weighted by Crippen LogP contribution is -2.38. The van der Waals surface area contributed by atoms with Gasteiger partial charge < -0.3 is 24.8 Å². The van der Waals surface area contributed by atoms with Crippen LogP contribution in [0, 0.1) is 0 Å². The van der Waals surface area contributed by atoms with Crippen LogP contribution in [-0.2, 0) is 4.79 Å². The number of phenols is 1. The molecule has 1 heterocycles. The van der Waals surface area contributed by atoms with Crippen molar-refractivity contribution in [3.63, 3.8) is 0 Å². The van der Waals surface area contributed by atoms with Crippen LogP contribution in [0.15, 0.2) is 49.1 Å². The maximum Gasteiger partial charge on any atom is 0.262 e. The van der Waals surface area contributed by atoms with Crippen molar-refractivity contribution in [2.45, 2.75) is 0 Å². The average molecular weight is 354 g/mol. The molecule has 7 heteroatoms. The summed E-state index contributed by atoms with van der Waals surface area (Å²) >= 11 is 0. The molecule has 0 unspecified atom stereocenters. The topological polar surface area (TPSA) is 88.1 Å². The van der Waals surface area contributed by atoms with Crippen molar-refractivity contribution in [3.8, 4) is 17.2 Å². The second-order valence-electron chi connectivity index (χ2n) is 5.56. The molecule has 0 aliphatic carbocycles. The molecular weight excluding hydrogens is 336 g/mol. The van der Waals surface area contributed by atoms with Gasteiger partial charge in [0.25, 0.3) is 5.91 Å². The zero-order valence-electron chi connectivity index (χ0n) is 14.2. The smallest absolute Gasteiger partial charge is 0.262 e. The number of phenolic OH excluding ortho intramolecular Hbond substituents is 1. The molecule has 0 saturated heterocycles. The van der Waals surface area contributed by atoms with Crippen LogP contribution in [-0.4, -0.2) is 37.2 Å². The summed E-state index contributed by atoms with van der Waals surface area (Å²) in [5.74, 6) is 0.174. The summed E-state index contributed by atoms with van der Waals surface area (Å²) in [6, 6.07) is 9.46. The average Bonchev–Trinajstić information content (AvgIpc) is 2.67. The Bertz CT molecular complexity index is 878. The van der Waals surface area contributed by atoms with Crippen LogP contribution < -0.4 is 19.7 Å². The van der Waals surface area contributed by atoms with Crippen molar-refractivity contribution < 1.29 is 24.2 Å². The number of aromatic hydroxyl groups is 1. The number of anilines is 2. The van der Waals surface area contributed by atoms with Gasteiger partial charge in [0, 0.05) is 11.8 Å². The zero-order valence-corrected chi connectivity index (χ0v) is 14.2. The Morgan fingerprint density at radius 1 is 1.31 bits per heavy atom. The van der Waals surface area contributed by atoms with Crippen molar-refractivity contribution in [1.29, 1.82) is 0 Å². The van der Waals surface area contributed by atoms with Gasteiger partial charge in [0.05, 0.1) is 24.9 Å². The van der Waals surface area contributed by atoms with Crippen molar-refractivity contribution >= 4 is 23.2 Å². The molecular formula is C19H18N2O5. The van der Waals surface area contributed by atoms with Gasteiger partial charge in [0.1, 0.15) is 23.9 Å². The first-order chi connectivity index (χ1) is 12.5. The van der Waals surface area contributed by atoms with Crippen LogP contribution in [0.1, 0.15) is 10.4 Å². The van der Waals surface area contributed by atoms with E-state index in [9.17, 15) is 14.7 Å². The number of hydrogen-bond acceptors (Lipinski definition) is 5. The summed E-state index contributed by atoms with van der Waals surface area (Å²) in [6.07, 6.45) is 1.12. The molecule has 0 bridgehead atoms. The van der Waals surface area contributed by atoms with Crippen molar-refractivity contribution in [3.05, 3.63) is 54.6 Å². The van der Waals surface area contributed by atoms with Crippen LogP contribution in [0.3, 0.4) is 0 Å². The molecule has 2 N–H and O–H groups in total. The maximum absolute atomic E-state index is 13.0. The van der Waals surface area contributed by atoms with Crippen molar-refractivity contribution in [1.82, 2.24) is 0 Å². The normalized spacial score (nSPS) is 12.6. The number of carbonyl (C=O) groups excluding carboxylic acids is 2. The molecule has 0 aromatic heterocycles. The Morgan fingerprint density at radius 3 is 2.85 bits per heavy atom. The molecule has 3 rings (SSSR count). The number of carbonyl (C=O) groups is 2. The van der Waals surface area contributed by atoms with Gasteiger partial charge in [-0.15, -0.1) is 0 Å². The van der Waals surface area contributed by atoms with E-state index in [1.807, 2.05) is 0 Å². The molecule has 134 valence electrons. The summed E-state index contributed by atoms with van der Waals surface area (Å²) in [5, 5.41) is 12.7. The van der Waals surface area contributed by atoms with Gasteiger partial charge in [-0.2, -0.15) is 0 Å². The predicted molar refractivity (Wildman–Crippen MR) is 97.1 cm³/mol. The van der Waals surface area contributed by atoms with Gasteiger partial charge >= 0.3 is 0 Å². The van der Waals surface area contributed by atoms with E-state index in [1.165, 1.54) is 23.1 Å². The highest BCUT2D eigenvalue weighted by molar-refractivity contribution is 6.10. The van der Waals surface area contributed by atoms with E-state index in [0.29, 0.717) is 36.0 Å². The molecule has 7 nitrogen and oxygen atoms in total. The van der Waals surface area contributed by atoms with E-state index in [4.69, 9.17) is 9.47 Å². The van der Waals surface area contributed by atoms with Gasteiger partial charge in [-0.05, 0) is 36.4 Å². The minimum Gasteiger partial charge on any atom is -0.507 e. The first kappa shape index (κ1) is 17.3. The fraction of sp³-hybridized carbons (Fsp3) is 0.158. The highest BCUT2D eigenvalue weighted by Gasteiger charge is 2.27. The third-order valence-corrected chi connectivity index (χ3v) is 3.96. The van der Waals surface area contributed by atoms with Gasteiger partial charge in [0.15, 0.2) is 0 Å². The second-order valence-corrected chi connectivity index (χ2v) is 5.56. The SMILES string of the molecule is C=CC(=O)Nc1ccc(O)c(C(=O)N2CCOc3cc(OC)ccc32)c1. The fourth-order valence-corrected chi connectivity index (χ4v) is 2.66. The lowest BCUT2D eigenvalue weighted by atomic mass is 10.1. The van der Waals surface area contributed by atoms with E-state index in [2.05, 4.69) is 11.9 Å². The molecule has 2 aromatic carbocycles. The first-order valence-corrected chi connectivity index (χ1v) is 7.92. The van der Waals surface area contributed by atoms with Gasteiger partial charge in [-0.25, -0.2) is 0 Å². The van der Waals surface area contributed by atoms with Gasteiger partial charge in [-0.1, -0.05) is 6.58 Å². The maximum atomic E-state index is 13.0. The molecule has 2 amide bonds. The van der Waals surface area contributed by atoms with Crippen LogP contribution in [0.25, 0.3) is 0 Å². The zero-order chi connectivity index (χ0) is 18.7. The summed E-state index contributed by atoms with van der Waals surface area (Å²) in [5.41, 5.74) is 1.05. The Kier molecular flexibility index (Phi) is 4.79. The van der Waals surface area contributed by atoms with Crippen molar-refractivity contribution in [2.24, 2.45) is 0 Å². The molecule has 1 aliphatic rings. The predicted octanol–water partition coefficient (Wildman–Crippen LogP) is 2.56. The molecule has 0 radical (unpaired) electrons. The summed E-state index contributed by atoms with van der Waals surface area (Å²) in [6.45, 7) is 4.04. The number of methoxy groups -OCH3 is 1. The minimum atomic E-state index is -0.405. The Balaban J connectivity index is 1.94. The summed E-state index contributed by atoms with van der Waals surface area (Å²) < 4.78 is 10.8. The number of ether oxygens (including phenoxy) is 2. The highest BCUT2D eigenvalue weighted by atomic mass is 16.5. The first-order valence-electron chi connectivity index (χ1n) is 7.92. The third-order valence-electron chi connectivity index (χ3n) is 3.96. The largest absolute Gasteiger partial charge is 0.507 e. The quantitative estimate of drug-likeness (QED) is 0.651. The standard InChI is InChI=1S/C19H18N2O5/c1-3-18(23)20-12-4-7-16(22)14(10-12)19(24)21-8-9-26-17-11-13(25-2)5-6-15(17)21/h3-7,10-11,22H,1,8-9H2,2H3,(H,20,23). The number of rotatable bonds is 4. The molecule has 26 heavy (non-hydrogen) atoms.